The van der Waals surface area contributed by atoms with Crippen molar-refractivity contribution in [3.05, 3.63) is 40.7 Å². The molecule has 5 nitrogen and oxygen atoms in total. The molecule has 0 spiro atoms. The Kier molecular flexibility index (Phi) is 3.61. The topological polar surface area (TPSA) is 66.0 Å². The molecule has 0 saturated heterocycles. The first-order valence-corrected chi connectivity index (χ1v) is 5.53. The predicted molar refractivity (Wildman–Crippen MR) is 64.7 cm³/mol. The van der Waals surface area contributed by atoms with Crippen molar-refractivity contribution in [2.24, 2.45) is 12.8 Å². The second-order valence-corrected chi connectivity index (χ2v) is 4.06. The first-order chi connectivity index (χ1) is 8.19. The smallest absolute Gasteiger partial charge is 0.134 e. The lowest BCUT2D eigenvalue weighted by Crippen LogP contribution is -2.03. The molecular formula is C11H13ClN4O. The standard InChI is InChI=1S/C11H13ClN4O/c1-16-6-10(14-15-16)7-17-11-4-9(12)3-2-8(11)5-13/h2-4,6H,5,7,13H2,1H3. The van der Waals surface area contributed by atoms with Crippen molar-refractivity contribution in [1.29, 1.82) is 0 Å². The molecule has 6 heteroatoms. The fourth-order valence-corrected chi connectivity index (χ4v) is 1.61. The van der Waals surface area contributed by atoms with E-state index in [0.29, 0.717) is 23.9 Å². The molecule has 0 aliphatic rings. The number of nitrogens with zero attached hydrogens (tertiary/aromatic N) is 3. The van der Waals surface area contributed by atoms with E-state index in [4.69, 9.17) is 22.1 Å². The molecule has 0 bridgehead atoms. The zero-order chi connectivity index (χ0) is 12.3. The number of aryl methyl sites for hydroxylation is 1. The molecule has 0 atom stereocenters. The first-order valence-electron chi connectivity index (χ1n) is 5.15. The van der Waals surface area contributed by atoms with Crippen molar-refractivity contribution in [1.82, 2.24) is 15.0 Å². The van der Waals surface area contributed by atoms with E-state index in [1.807, 2.05) is 6.07 Å². The van der Waals surface area contributed by atoms with Crippen molar-refractivity contribution < 1.29 is 4.74 Å². The monoisotopic (exact) mass is 252 g/mol. The summed E-state index contributed by atoms with van der Waals surface area (Å²) in [5, 5.41) is 8.38. The Labute approximate surface area is 104 Å². The quantitative estimate of drug-likeness (QED) is 0.896. The minimum absolute atomic E-state index is 0.348. The van der Waals surface area contributed by atoms with Crippen LogP contribution in [0, 0.1) is 0 Å². The van der Waals surface area contributed by atoms with Gasteiger partial charge in [-0.2, -0.15) is 0 Å². The molecule has 1 aromatic heterocycles. The summed E-state index contributed by atoms with van der Waals surface area (Å²) in [6.45, 7) is 0.758. The van der Waals surface area contributed by atoms with Crippen LogP contribution in [0.3, 0.4) is 0 Å². The van der Waals surface area contributed by atoms with Crippen molar-refractivity contribution in [2.75, 3.05) is 0 Å². The number of ether oxygens (including phenoxy) is 1. The SMILES string of the molecule is Cn1cc(COc2cc(Cl)ccc2CN)nn1. The fourth-order valence-electron chi connectivity index (χ4n) is 1.44. The van der Waals surface area contributed by atoms with Gasteiger partial charge in [0, 0.05) is 24.2 Å². The van der Waals surface area contributed by atoms with E-state index in [1.54, 1.807) is 30.1 Å². The molecule has 0 aliphatic heterocycles. The average Bonchev–Trinajstić information content (AvgIpc) is 2.73. The molecule has 0 radical (unpaired) electrons. The molecule has 0 fully saturated rings. The lowest BCUT2D eigenvalue weighted by Gasteiger charge is -2.09. The molecule has 0 unspecified atom stereocenters. The summed E-state index contributed by atoms with van der Waals surface area (Å²) in [7, 11) is 1.81. The van der Waals surface area contributed by atoms with E-state index < -0.39 is 0 Å². The number of benzene rings is 1. The highest BCUT2D eigenvalue weighted by Gasteiger charge is 2.05. The van der Waals surface area contributed by atoms with Crippen LogP contribution in [0.1, 0.15) is 11.3 Å². The summed E-state index contributed by atoms with van der Waals surface area (Å²) in [5.74, 6) is 0.686. The minimum Gasteiger partial charge on any atom is -0.487 e. The van der Waals surface area contributed by atoms with E-state index in [0.717, 1.165) is 11.3 Å². The van der Waals surface area contributed by atoms with Gasteiger partial charge in [-0.1, -0.05) is 22.9 Å². The van der Waals surface area contributed by atoms with E-state index in [1.165, 1.54) is 0 Å². The number of halogens is 1. The number of rotatable bonds is 4. The van der Waals surface area contributed by atoms with E-state index >= 15 is 0 Å². The zero-order valence-corrected chi connectivity index (χ0v) is 10.2. The molecule has 0 saturated carbocycles. The van der Waals surface area contributed by atoms with Gasteiger partial charge >= 0.3 is 0 Å². The molecule has 0 aliphatic carbocycles. The molecule has 0 amide bonds. The molecule has 17 heavy (non-hydrogen) atoms. The highest BCUT2D eigenvalue weighted by atomic mass is 35.5. The van der Waals surface area contributed by atoms with Gasteiger partial charge in [-0.15, -0.1) is 5.10 Å². The Morgan fingerprint density at radius 1 is 1.47 bits per heavy atom. The van der Waals surface area contributed by atoms with Crippen molar-refractivity contribution >= 4 is 11.6 Å². The normalized spacial score (nSPS) is 10.5. The van der Waals surface area contributed by atoms with Crippen molar-refractivity contribution in [3.63, 3.8) is 0 Å². The van der Waals surface area contributed by atoms with Crippen LogP contribution in [0.2, 0.25) is 5.02 Å². The van der Waals surface area contributed by atoms with Gasteiger partial charge < -0.3 is 10.5 Å². The highest BCUT2D eigenvalue weighted by molar-refractivity contribution is 6.30. The predicted octanol–water partition coefficient (Wildman–Crippen LogP) is 1.51. The van der Waals surface area contributed by atoms with Gasteiger partial charge in [-0.25, -0.2) is 0 Å². The highest BCUT2D eigenvalue weighted by Crippen LogP contribution is 2.23. The molecule has 1 heterocycles. The Morgan fingerprint density at radius 2 is 2.29 bits per heavy atom. The van der Waals surface area contributed by atoms with Gasteiger partial charge in [-0.3, -0.25) is 4.68 Å². The average molecular weight is 253 g/mol. The van der Waals surface area contributed by atoms with Crippen LogP contribution in [0.5, 0.6) is 5.75 Å². The van der Waals surface area contributed by atoms with Crippen LogP contribution in [0.25, 0.3) is 0 Å². The van der Waals surface area contributed by atoms with Crippen LogP contribution in [-0.2, 0) is 20.2 Å². The van der Waals surface area contributed by atoms with Gasteiger partial charge in [-0.05, 0) is 12.1 Å². The summed E-state index contributed by atoms with van der Waals surface area (Å²) in [5.41, 5.74) is 7.29. The molecule has 2 aromatic rings. The number of hydrogen-bond acceptors (Lipinski definition) is 4. The first kappa shape index (κ1) is 11.9. The fraction of sp³-hybridized carbons (Fsp3) is 0.273. The molecule has 90 valence electrons. The minimum atomic E-state index is 0.348. The Hall–Kier alpha value is -1.59. The van der Waals surface area contributed by atoms with Crippen LogP contribution < -0.4 is 10.5 Å². The summed E-state index contributed by atoms with van der Waals surface area (Å²) >= 11 is 5.91. The molecule has 2 N–H and O–H groups in total. The number of aromatic nitrogens is 3. The summed E-state index contributed by atoms with van der Waals surface area (Å²) < 4.78 is 7.25. The summed E-state index contributed by atoms with van der Waals surface area (Å²) in [6.07, 6.45) is 1.80. The van der Waals surface area contributed by atoms with Crippen LogP contribution in [0.4, 0.5) is 0 Å². The third kappa shape index (κ3) is 2.95. The molecule has 2 rings (SSSR count). The van der Waals surface area contributed by atoms with Crippen molar-refractivity contribution in [2.45, 2.75) is 13.2 Å². The maximum absolute atomic E-state index is 5.91. The Bertz CT molecular complexity index is 512. The van der Waals surface area contributed by atoms with Crippen LogP contribution >= 0.6 is 11.6 Å². The van der Waals surface area contributed by atoms with Crippen LogP contribution in [0.15, 0.2) is 24.4 Å². The van der Waals surface area contributed by atoms with Crippen LogP contribution in [-0.4, -0.2) is 15.0 Å². The second kappa shape index (κ2) is 5.16. The van der Waals surface area contributed by atoms with E-state index in [9.17, 15) is 0 Å². The lowest BCUT2D eigenvalue weighted by atomic mass is 10.2. The number of nitrogens with two attached hydrogens (primary N) is 1. The molecular weight excluding hydrogens is 240 g/mol. The van der Waals surface area contributed by atoms with Gasteiger partial charge in [0.25, 0.3) is 0 Å². The van der Waals surface area contributed by atoms with Gasteiger partial charge in [0.2, 0.25) is 0 Å². The Morgan fingerprint density at radius 3 is 2.94 bits per heavy atom. The lowest BCUT2D eigenvalue weighted by molar-refractivity contribution is 0.298. The van der Waals surface area contributed by atoms with Gasteiger partial charge in [0.1, 0.15) is 18.1 Å². The largest absolute Gasteiger partial charge is 0.487 e. The van der Waals surface area contributed by atoms with E-state index in [-0.39, 0.29) is 0 Å². The maximum atomic E-state index is 5.91. The summed E-state index contributed by atoms with van der Waals surface area (Å²) in [4.78, 5) is 0. The number of hydrogen-bond donors (Lipinski definition) is 1. The third-order valence-electron chi connectivity index (χ3n) is 2.27. The maximum Gasteiger partial charge on any atom is 0.134 e. The van der Waals surface area contributed by atoms with Crippen molar-refractivity contribution in [3.8, 4) is 5.75 Å². The van der Waals surface area contributed by atoms with E-state index in [2.05, 4.69) is 10.3 Å². The second-order valence-electron chi connectivity index (χ2n) is 3.63. The third-order valence-corrected chi connectivity index (χ3v) is 2.51. The zero-order valence-electron chi connectivity index (χ0n) is 9.43. The van der Waals surface area contributed by atoms with Gasteiger partial charge in [0.05, 0.1) is 6.20 Å². The molecule has 1 aromatic carbocycles. The summed E-state index contributed by atoms with van der Waals surface area (Å²) in [6, 6.07) is 5.40. The van der Waals surface area contributed by atoms with Gasteiger partial charge in [0.15, 0.2) is 0 Å². The Balaban J connectivity index is 2.10.